The number of carboxylic acid groups (broad SMARTS) is 1. The van der Waals surface area contributed by atoms with Gasteiger partial charge in [-0.15, -0.1) is 0 Å². The van der Waals surface area contributed by atoms with Crippen molar-refractivity contribution in [2.75, 3.05) is 33.2 Å². The van der Waals surface area contributed by atoms with E-state index in [1.165, 1.54) is 6.92 Å². The van der Waals surface area contributed by atoms with E-state index in [0.29, 0.717) is 12.1 Å². The van der Waals surface area contributed by atoms with E-state index in [1.54, 1.807) is 12.1 Å². The lowest BCUT2D eigenvalue weighted by molar-refractivity contribution is -0.138. The van der Waals surface area contributed by atoms with Crippen molar-refractivity contribution in [3.05, 3.63) is 35.4 Å². The van der Waals surface area contributed by atoms with E-state index >= 15 is 0 Å². The van der Waals surface area contributed by atoms with Crippen molar-refractivity contribution in [3.63, 3.8) is 0 Å². The Morgan fingerprint density at radius 1 is 1.23 bits per heavy atom. The number of nitrogens with zero attached hydrogens (tertiary/aromatic N) is 2. The van der Waals surface area contributed by atoms with Crippen LogP contribution in [0.5, 0.6) is 0 Å². The van der Waals surface area contributed by atoms with Crippen LogP contribution >= 0.6 is 0 Å². The number of likely N-dealkylation sites (N-methyl/N-ethyl adjacent to an activating group) is 1. The van der Waals surface area contributed by atoms with Gasteiger partial charge in [-0.1, -0.05) is 18.2 Å². The van der Waals surface area contributed by atoms with Crippen LogP contribution in [0.1, 0.15) is 22.8 Å². The summed E-state index contributed by atoms with van der Waals surface area (Å²) >= 11 is 0. The van der Waals surface area contributed by atoms with E-state index in [4.69, 9.17) is 5.11 Å². The Bertz CT molecular complexity index is 539. The summed E-state index contributed by atoms with van der Waals surface area (Å²) < 4.78 is 0. The third-order valence-electron chi connectivity index (χ3n) is 3.97. The first-order valence-corrected chi connectivity index (χ1v) is 7.50. The zero-order chi connectivity index (χ0) is 16.1. The van der Waals surface area contributed by atoms with E-state index in [2.05, 4.69) is 22.2 Å². The molecule has 0 radical (unpaired) electrons. The molecule has 2 N–H and O–H groups in total. The Hall–Kier alpha value is -1.92. The van der Waals surface area contributed by atoms with Crippen molar-refractivity contribution in [1.82, 2.24) is 15.1 Å². The molecule has 0 spiro atoms. The predicted molar refractivity (Wildman–Crippen MR) is 83.8 cm³/mol. The number of piperazine rings is 1. The second-order valence-corrected chi connectivity index (χ2v) is 5.77. The van der Waals surface area contributed by atoms with Crippen molar-refractivity contribution in [2.24, 2.45) is 0 Å². The number of carboxylic acids is 1. The van der Waals surface area contributed by atoms with Crippen LogP contribution in [-0.4, -0.2) is 66.1 Å². The van der Waals surface area contributed by atoms with Crippen LogP contribution in [0.25, 0.3) is 0 Å². The predicted octanol–water partition coefficient (Wildman–Crippen LogP) is 0.637. The molecule has 1 amide bonds. The molecule has 1 aromatic carbocycles. The average Bonchev–Trinajstić information content (AvgIpc) is 2.50. The summed E-state index contributed by atoms with van der Waals surface area (Å²) in [6.45, 7) is 6.15. The monoisotopic (exact) mass is 305 g/mol. The van der Waals surface area contributed by atoms with Gasteiger partial charge in [-0.05, 0) is 25.6 Å². The van der Waals surface area contributed by atoms with Gasteiger partial charge in [0.15, 0.2) is 0 Å². The van der Waals surface area contributed by atoms with Gasteiger partial charge in [0, 0.05) is 38.3 Å². The van der Waals surface area contributed by atoms with Gasteiger partial charge in [0.25, 0.3) is 5.91 Å². The summed E-state index contributed by atoms with van der Waals surface area (Å²) in [4.78, 5) is 27.7. The summed E-state index contributed by atoms with van der Waals surface area (Å²) in [6.07, 6.45) is 0. The zero-order valence-corrected chi connectivity index (χ0v) is 13.1. The van der Waals surface area contributed by atoms with Crippen LogP contribution in [0.4, 0.5) is 0 Å². The molecule has 1 fully saturated rings. The van der Waals surface area contributed by atoms with E-state index < -0.39 is 12.0 Å². The number of nitrogens with one attached hydrogen (secondary N) is 1. The molecular formula is C16H23N3O3. The van der Waals surface area contributed by atoms with Gasteiger partial charge >= 0.3 is 5.97 Å². The molecule has 6 nitrogen and oxygen atoms in total. The van der Waals surface area contributed by atoms with Gasteiger partial charge in [0.05, 0.1) is 0 Å². The maximum absolute atomic E-state index is 12.3. The van der Waals surface area contributed by atoms with E-state index in [1.807, 2.05) is 12.1 Å². The summed E-state index contributed by atoms with van der Waals surface area (Å²) in [6, 6.07) is 6.48. The van der Waals surface area contributed by atoms with Gasteiger partial charge in [0.1, 0.15) is 6.04 Å². The highest BCUT2D eigenvalue weighted by Crippen LogP contribution is 2.13. The lowest BCUT2D eigenvalue weighted by Gasteiger charge is -2.32. The molecule has 1 aliphatic rings. The molecule has 0 saturated carbocycles. The highest BCUT2D eigenvalue weighted by Gasteiger charge is 2.20. The minimum Gasteiger partial charge on any atom is -0.480 e. The Balaban J connectivity index is 2.06. The Labute approximate surface area is 130 Å². The number of carbonyl (C=O) groups is 2. The topological polar surface area (TPSA) is 72.9 Å². The Morgan fingerprint density at radius 2 is 1.86 bits per heavy atom. The number of rotatable bonds is 5. The lowest BCUT2D eigenvalue weighted by Crippen LogP contribution is -2.44. The molecule has 120 valence electrons. The fourth-order valence-electron chi connectivity index (χ4n) is 2.46. The minimum atomic E-state index is -1.04. The summed E-state index contributed by atoms with van der Waals surface area (Å²) in [5, 5.41) is 11.4. The SMILES string of the molecule is CC(NC(=O)c1ccccc1CN1CCN(C)CC1)C(=O)O. The summed E-state index contributed by atoms with van der Waals surface area (Å²) in [5.41, 5.74) is 1.48. The largest absolute Gasteiger partial charge is 0.480 e. The molecule has 1 unspecified atom stereocenters. The number of carbonyl (C=O) groups excluding carboxylic acids is 1. The van der Waals surface area contributed by atoms with Crippen molar-refractivity contribution >= 4 is 11.9 Å². The van der Waals surface area contributed by atoms with Crippen molar-refractivity contribution < 1.29 is 14.7 Å². The zero-order valence-electron chi connectivity index (χ0n) is 13.1. The molecule has 0 bridgehead atoms. The Morgan fingerprint density at radius 3 is 2.50 bits per heavy atom. The van der Waals surface area contributed by atoms with Gasteiger partial charge in [0.2, 0.25) is 0 Å². The molecular weight excluding hydrogens is 282 g/mol. The number of amides is 1. The molecule has 1 aliphatic heterocycles. The quantitative estimate of drug-likeness (QED) is 0.835. The molecule has 1 atom stereocenters. The molecule has 6 heteroatoms. The smallest absolute Gasteiger partial charge is 0.325 e. The molecule has 2 rings (SSSR count). The third kappa shape index (κ3) is 4.29. The fourth-order valence-corrected chi connectivity index (χ4v) is 2.46. The maximum atomic E-state index is 12.3. The van der Waals surface area contributed by atoms with Crippen LogP contribution in [0, 0.1) is 0 Å². The van der Waals surface area contributed by atoms with E-state index in [0.717, 1.165) is 31.7 Å². The highest BCUT2D eigenvalue weighted by atomic mass is 16.4. The first-order valence-electron chi connectivity index (χ1n) is 7.50. The minimum absolute atomic E-state index is 0.334. The molecule has 0 aliphatic carbocycles. The standard InChI is InChI=1S/C16H23N3O3/c1-12(16(21)22)17-15(20)14-6-4-3-5-13(14)11-19-9-7-18(2)8-10-19/h3-6,12H,7-11H2,1-2H3,(H,17,20)(H,21,22). The maximum Gasteiger partial charge on any atom is 0.325 e. The molecule has 1 heterocycles. The molecule has 22 heavy (non-hydrogen) atoms. The molecule has 0 aromatic heterocycles. The van der Waals surface area contributed by atoms with Gasteiger partial charge in [-0.2, -0.15) is 0 Å². The van der Waals surface area contributed by atoms with E-state index in [-0.39, 0.29) is 5.91 Å². The van der Waals surface area contributed by atoms with Crippen molar-refractivity contribution in [3.8, 4) is 0 Å². The normalized spacial score (nSPS) is 17.9. The number of hydrogen-bond acceptors (Lipinski definition) is 4. The van der Waals surface area contributed by atoms with Gasteiger partial charge < -0.3 is 15.3 Å². The second-order valence-electron chi connectivity index (χ2n) is 5.77. The summed E-state index contributed by atoms with van der Waals surface area (Å²) in [5.74, 6) is -1.37. The number of aliphatic carboxylic acids is 1. The number of benzene rings is 1. The van der Waals surface area contributed by atoms with Crippen LogP contribution in [0.3, 0.4) is 0 Å². The highest BCUT2D eigenvalue weighted by molar-refractivity contribution is 5.97. The van der Waals surface area contributed by atoms with Crippen LogP contribution < -0.4 is 5.32 Å². The molecule has 1 saturated heterocycles. The first kappa shape index (κ1) is 16.5. The average molecular weight is 305 g/mol. The van der Waals surface area contributed by atoms with Gasteiger partial charge in [-0.25, -0.2) is 0 Å². The van der Waals surface area contributed by atoms with Crippen LogP contribution in [0.15, 0.2) is 24.3 Å². The fraction of sp³-hybridized carbons (Fsp3) is 0.500. The van der Waals surface area contributed by atoms with Crippen LogP contribution in [0.2, 0.25) is 0 Å². The van der Waals surface area contributed by atoms with Crippen molar-refractivity contribution in [2.45, 2.75) is 19.5 Å². The first-order chi connectivity index (χ1) is 10.5. The van der Waals surface area contributed by atoms with Crippen LogP contribution in [-0.2, 0) is 11.3 Å². The molecule has 1 aromatic rings. The van der Waals surface area contributed by atoms with Crippen molar-refractivity contribution in [1.29, 1.82) is 0 Å². The second kappa shape index (κ2) is 7.38. The number of hydrogen-bond donors (Lipinski definition) is 2. The lowest BCUT2D eigenvalue weighted by atomic mass is 10.1. The third-order valence-corrected chi connectivity index (χ3v) is 3.97. The summed E-state index contributed by atoms with van der Waals surface area (Å²) in [7, 11) is 2.10. The van der Waals surface area contributed by atoms with Gasteiger partial charge in [-0.3, -0.25) is 14.5 Å². The Kier molecular flexibility index (Phi) is 5.51. The van der Waals surface area contributed by atoms with E-state index in [9.17, 15) is 9.59 Å².